The second-order valence-electron chi connectivity index (χ2n) is 5.75. The molecule has 0 N–H and O–H groups in total. The number of hydrogen-bond donors (Lipinski definition) is 0. The maximum absolute atomic E-state index is 14.2. The molecule has 0 amide bonds. The molecular weight excluding hydrogens is 333 g/mol. The lowest BCUT2D eigenvalue weighted by Gasteiger charge is -2.12. The van der Waals surface area contributed by atoms with Crippen LogP contribution in [0, 0.1) is 5.82 Å². The molecule has 0 saturated carbocycles. The van der Waals surface area contributed by atoms with Crippen molar-refractivity contribution in [2.45, 2.75) is 13.5 Å². The highest BCUT2D eigenvalue weighted by Crippen LogP contribution is 2.30. The van der Waals surface area contributed by atoms with Gasteiger partial charge in [-0.1, -0.05) is 36.4 Å². The summed E-state index contributed by atoms with van der Waals surface area (Å²) in [6, 6.07) is 16.2. The van der Waals surface area contributed by atoms with Crippen molar-refractivity contribution in [1.29, 1.82) is 0 Å². The number of pyridine rings is 1. The Balaban J connectivity index is 1.93. The molecule has 132 valence electrons. The zero-order chi connectivity index (χ0) is 18.5. The van der Waals surface area contributed by atoms with Crippen LogP contribution in [0.4, 0.5) is 4.39 Å². The molecule has 0 aliphatic heterocycles. The van der Waals surface area contributed by atoms with Crippen LogP contribution in [0.15, 0.2) is 60.8 Å². The summed E-state index contributed by atoms with van der Waals surface area (Å²) >= 11 is 0. The first-order chi connectivity index (χ1) is 12.6. The van der Waals surface area contributed by atoms with Crippen LogP contribution >= 0.6 is 0 Å². The average Bonchev–Trinajstić information content (AvgIpc) is 2.67. The topological polar surface area (TPSA) is 48.4 Å². The number of halogens is 1. The van der Waals surface area contributed by atoms with Gasteiger partial charge in [-0.05, 0) is 30.2 Å². The van der Waals surface area contributed by atoms with Gasteiger partial charge >= 0.3 is 0 Å². The average molecular weight is 351 g/mol. The van der Waals surface area contributed by atoms with Crippen LogP contribution in [-0.4, -0.2) is 17.9 Å². The molecule has 4 nitrogen and oxygen atoms in total. The highest BCUT2D eigenvalue weighted by Gasteiger charge is 2.14. The molecule has 1 heterocycles. The summed E-state index contributed by atoms with van der Waals surface area (Å²) in [5.41, 5.74) is 2.26. The molecule has 0 atom stereocenters. The number of Topliss-reactive ketones (excluding diaryl/α,β-unsaturated/α-hetero) is 1. The van der Waals surface area contributed by atoms with Crippen molar-refractivity contribution in [2.75, 3.05) is 7.11 Å². The standard InChI is InChI=1S/C21H18FNO3/c1-14(24)17-10-16(18-11-21(25-2)23-12-19(18)22)8-9-20(17)26-13-15-6-4-3-5-7-15/h3-12H,13H2,1-2H3. The number of aromatic nitrogens is 1. The van der Waals surface area contributed by atoms with Crippen LogP contribution in [0.25, 0.3) is 11.1 Å². The van der Waals surface area contributed by atoms with E-state index >= 15 is 0 Å². The molecule has 0 radical (unpaired) electrons. The number of carbonyl (C=O) groups excluding carboxylic acids is 1. The van der Waals surface area contributed by atoms with Crippen LogP contribution < -0.4 is 9.47 Å². The molecule has 0 spiro atoms. The van der Waals surface area contributed by atoms with Gasteiger partial charge in [-0.25, -0.2) is 9.37 Å². The van der Waals surface area contributed by atoms with E-state index in [1.54, 1.807) is 18.2 Å². The lowest BCUT2D eigenvalue weighted by atomic mass is 10.0. The highest BCUT2D eigenvalue weighted by atomic mass is 19.1. The fourth-order valence-electron chi connectivity index (χ4n) is 2.59. The predicted octanol–water partition coefficient (Wildman–Crippen LogP) is 4.68. The van der Waals surface area contributed by atoms with E-state index in [9.17, 15) is 9.18 Å². The highest BCUT2D eigenvalue weighted by molar-refractivity contribution is 5.98. The fourth-order valence-corrected chi connectivity index (χ4v) is 2.59. The second-order valence-corrected chi connectivity index (χ2v) is 5.75. The zero-order valence-electron chi connectivity index (χ0n) is 14.5. The molecule has 26 heavy (non-hydrogen) atoms. The third-order valence-electron chi connectivity index (χ3n) is 3.95. The summed E-state index contributed by atoms with van der Waals surface area (Å²) in [4.78, 5) is 15.9. The van der Waals surface area contributed by atoms with Crippen molar-refractivity contribution in [1.82, 2.24) is 4.98 Å². The number of carbonyl (C=O) groups is 1. The number of methoxy groups -OCH3 is 1. The van der Waals surface area contributed by atoms with Gasteiger partial charge in [0.15, 0.2) is 5.78 Å². The summed E-state index contributed by atoms with van der Waals surface area (Å²) in [6.45, 7) is 1.80. The molecule has 1 aromatic heterocycles. The summed E-state index contributed by atoms with van der Waals surface area (Å²) in [6.07, 6.45) is 1.10. The van der Waals surface area contributed by atoms with Gasteiger partial charge in [0.1, 0.15) is 18.2 Å². The van der Waals surface area contributed by atoms with E-state index in [1.165, 1.54) is 20.1 Å². The van der Waals surface area contributed by atoms with E-state index < -0.39 is 5.82 Å². The van der Waals surface area contributed by atoms with Gasteiger partial charge < -0.3 is 9.47 Å². The van der Waals surface area contributed by atoms with Crippen LogP contribution in [0.2, 0.25) is 0 Å². The third kappa shape index (κ3) is 3.88. The Bertz CT molecular complexity index is 926. The van der Waals surface area contributed by atoms with Crippen LogP contribution in [0.3, 0.4) is 0 Å². The Morgan fingerprint density at radius 2 is 1.88 bits per heavy atom. The van der Waals surface area contributed by atoms with Gasteiger partial charge in [-0.2, -0.15) is 0 Å². The minimum Gasteiger partial charge on any atom is -0.488 e. The van der Waals surface area contributed by atoms with Crippen molar-refractivity contribution in [2.24, 2.45) is 0 Å². The Kier molecular flexibility index (Phi) is 5.27. The first kappa shape index (κ1) is 17.6. The van der Waals surface area contributed by atoms with Crippen LogP contribution in [0.1, 0.15) is 22.8 Å². The number of hydrogen-bond acceptors (Lipinski definition) is 4. The van der Waals surface area contributed by atoms with E-state index in [0.717, 1.165) is 11.8 Å². The monoisotopic (exact) mass is 351 g/mol. The molecule has 2 aromatic carbocycles. The lowest BCUT2D eigenvalue weighted by molar-refractivity contribution is 0.101. The van der Waals surface area contributed by atoms with Crippen molar-refractivity contribution >= 4 is 5.78 Å². The van der Waals surface area contributed by atoms with Crippen molar-refractivity contribution < 1.29 is 18.7 Å². The first-order valence-electron chi connectivity index (χ1n) is 8.10. The molecule has 3 aromatic rings. The molecule has 0 saturated heterocycles. The van der Waals surface area contributed by atoms with Crippen LogP contribution in [0.5, 0.6) is 11.6 Å². The van der Waals surface area contributed by atoms with Crippen molar-refractivity contribution in [3.8, 4) is 22.8 Å². The van der Waals surface area contributed by atoms with E-state index in [1.807, 2.05) is 30.3 Å². The van der Waals surface area contributed by atoms with E-state index in [0.29, 0.717) is 34.9 Å². The summed E-state index contributed by atoms with van der Waals surface area (Å²) in [5, 5.41) is 0. The summed E-state index contributed by atoms with van der Waals surface area (Å²) < 4.78 is 25.0. The second kappa shape index (κ2) is 7.78. The van der Waals surface area contributed by atoms with Gasteiger partial charge in [0.2, 0.25) is 5.88 Å². The molecule has 0 aliphatic rings. The Morgan fingerprint density at radius 3 is 2.58 bits per heavy atom. The van der Waals surface area contributed by atoms with Gasteiger partial charge in [0.25, 0.3) is 0 Å². The SMILES string of the molecule is COc1cc(-c2ccc(OCc3ccccc3)c(C(C)=O)c2)c(F)cn1. The number of nitrogens with zero attached hydrogens (tertiary/aromatic N) is 1. The zero-order valence-corrected chi connectivity index (χ0v) is 14.5. The predicted molar refractivity (Wildman–Crippen MR) is 97.0 cm³/mol. The molecule has 0 bridgehead atoms. The smallest absolute Gasteiger partial charge is 0.213 e. The molecule has 5 heteroatoms. The molecular formula is C21H18FNO3. The minimum atomic E-state index is -0.488. The Morgan fingerprint density at radius 1 is 1.12 bits per heavy atom. The normalized spacial score (nSPS) is 10.4. The minimum absolute atomic E-state index is 0.156. The third-order valence-corrected chi connectivity index (χ3v) is 3.95. The molecule has 0 fully saturated rings. The van der Waals surface area contributed by atoms with E-state index in [2.05, 4.69) is 4.98 Å². The maximum atomic E-state index is 14.2. The van der Waals surface area contributed by atoms with Gasteiger partial charge in [-0.3, -0.25) is 4.79 Å². The van der Waals surface area contributed by atoms with Gasteiger partial charge in [-0.15, -0.1) is 0 Å². The quantitative estimate of drug-likeness (QED) is 0.605. The maximum Gasteiger partial charge on any atom is 0.213 e. The first-order valence-corrected chi connectivity index (χ1v) is 8.10. The number of benzene rings is 2. The largest absolute Gasteiger partial charge is 0.488 e. The number of rotatable bonds is 6. The van der Waals surface area contributed by atoms with E-state index in [-0.39, 0.29) is 5.78 Å². The fraction of sp³-hybridized carbons (Fsp3) is 0.143. The number of ketones is 1. The Labute approximate surface area is 151 Å². The lowest BCUT2D eigenvalue weighted by Crippen LogP contribution is -2.02. The number of ether oxygens (including phenoxy) is 2. The van der Waals surface area contributed by atoms with Gasteiger partial charge in [0.05, 0.1) is 18.9 Å². The van der Waals surface area contributed by atoms with Crippen LogP contribution in [-0.2, 0) is 6.61 Å². The summed E-state index contributed by atoms with van der Waals surface area (Å²) in [7, 11) is 1.46. The van der Waals surface area contributed by atoms with Crippen molar-refractivity contribution in [3.05, 3.63) is 77.7 Å². The Hall–Kier alpha value is -3.21. The summed E-state index contributed by atoms with van der Waals surface area (Å²) in [5.74, 6) is 0.122. The van der Waals surface area contributed by atoms with Gasteiger partial charge in [0, 0.05) is 11.6 Å². The molecule has 0 aliphatic carbocycles. The molecule has 3 rings (SSSR count). The van der Waals surface area contributed by atoms with Crippen molar-refractivity contribution in [3.63, 3.8) is 0 Å². The molecule has 0 unspecified atom stereocenters. The van der Waals surface area contributed by atoms with E-state index in [4.69, 9.17) is 9.47 Å².